The van der Waals surface area contributed by atoms with Crippen LogP contribution in [-0.4, -0.2) is 50.7 Å². The third-order valence-corrected chi connectivity index (χ3v) is 3.19. The third kappa shape index (κ3) is 6.64. The summed E-state index contributed by atoms with van der Waals surface area (Å²) in [4.78, 5) is 13.7. The molecule has 0 aromatic carbocycles. The Morgan fingerprint density at radius 3 is 3.06 bits per heavy atom. The second kappa shape index (κ2) is 8.48. The van der Waals surface area contributed by atoms with Gasteiger partial charge < -0.3 is 15.0 Å². The molecule has 1 heterocycles. The molecular formula is C13H26N2O2. The molecule has 1 atom stereocenters. The van der Waals surface area contributed by atoms with E-state index in [0.717, 1.165) is 25.9 Å². The van der Waals surface area contributed by atoms with Gasteiger partial charge in [0, 0.05) is 6.54 Å². The number of hydrogen-bond donors (Lipinski definition) is 1. The molecule has 0 aromatic rings. The molecule has 1 N–H and O–H groups in total. The average Bonchev–Trinajstić information content (AvgIpc) is 2.29. The van der Waals surface area contributed by atoms with Crippen molar-refractivity contribution < 1.29 is 9.53 Å². The van der Waals surface area contributed by atoms with Crippen LogP contribution in [-0.2, 0) is 9.53 Å². The molecule has 1 aliphatic heterocycles. The lowest BCUT2D eigenvalue weighted by molar-refractivity contribution is -0.142. The van der Waals surface area contributed by atoms with Gasteiger partial charge in [-0.2, -0.15) is 0 Å². The van der Waals surface area contributed by atoms with E-state index >= 15 is 0 Å². The average molecular weight is 242 g/mol. The molecule has 0 amide bonds. The summed E-state index contributed by atoms with van der Waals surface area (Å²) in [5.41, 5.74) is 0. The van der Waals surface area contributed by atoms with Gasteiger partial charge in [-0.05, 0) is 45.3 Å². The van der Waals surface area contributed by atoms with Gasteiger partial charge in [0.15, 0.2) is 0 Å². The van der Waals surface area contributed by atoms with Gasteiger partial charge in [-0.1, -0.05) is 13.3 Å². The summed E-state index contributed by atoms with van der Waals surface area (Å²) in [6.07, 6.45) is 4.56. The van der Waals surface area contributed by atoms with Gasteiger partial charge in [0.2, 0.25) is 0 Å². The first-order valence-corrected chi connectivity index (χ1v) is 6.77. The fourth-order valence-corrected chi connectivity index (χ4v) is 2.20. The summed E-state index contributed by atoms with van der Waals surface area (Å²) < 4.78 is 5.08. The van der Waals surface area contributed by atoms with Crippen LogP contribution in [0.2, 0.25) is 0 Å². The molecule has 1 unspecified atom stereocenters. The number of unbranched alkanes of at least 4 members (excludes halogenated alkanes) is 1. The zero-order valence-electron chi connectivity index (χ0n) is 11.2. The zero-order valence-corrected chi connectivity index (χ0v) is 11.2. The fourth-order valence-electron chi connectivity index (χ4n) is 2.20. The quantitative estimate of drug-likeness (QED) is 0.539. The van der Waals surface area contributed by atoms with E-state index in [4.69, 9.17) is 4.74 Å². The molecule has 1 aliphatic rings. The predicted octanol–water partition coefficient (Wildman–Crippen LogP) is 1.26. The molecule has 100 valence electrons. The van der Waals surface area contributed by atoms with Crippen molar-refractivity contribution in [1.82, 2.24) is 10.2 Å². The Balaban J connectivity index is 2.00. The van der Waals surface area contributed by atoms with Crippen LogP contribution >= 0.6 is 0 Å². The molecule has 4 heteroatoms. The molecule has 0 aliphatic carbocycles. The summed E-state index contributed by atoms with van der Waals surface area (Å²) in [7, 11) is 2.16. The van der Waals surface area contributed by atoms with Crippen LogP contribution in [0.4, 0.5) is 0 Å². The Labute approximate surface area is 105 Å². The number of rotatable bonds is 7. The Bertz CT molecular complexity index is 221. The van der Waals surface area contributed by atoms with Gasteiger partial charge in [0.1, 0.15) is 0 Å². The number of nitrogens with zero attached hydrogens (tertiary/aromatic N) is 1. The predicted molar refractivity (Wildman–Crippen MR) is 69.0 cm³/mol. The second-order valence-corrected chi connectivity index (χ2v) is 4.98. The van der Waals surface area contributed by atoms with Crippen molar-refractivity contribution in [2.24, 2.45) is 5.92 Å². The summed E-state index contributed by atoms with van der Waals surface area (Å²) in [6, 6.07) is 0. The monoisotopic (exact) mass is 242 g/mol. The van der Waals surface area contributed by atoms with E-state index in [1.165, 1.54) is 19.4 Å². The molecule has 1 fully saturated rings. The highest BCUT2D eigenvalue weighted by molar-refractivity contribution is 5.71. The van der Waals surface area contributed by atoms with Gasteiger partial charge in [-0.3, -0.25) is 4.79 Å². The lowest BCUT2D eigenvalue weighted by atomic mass is 9.98. The van der Waals surface area contributed by atoms with Crippen molar-refractivity contribution in [3.05, 3.63) is 0 Å². The Morgan fingerprint density at radius 1 is 1.53 bits per heavy atom. The topological polar surface area (TPSA) is 41.6 Å². The maximum atomic E-state index is 11.3. The van der Waals surface area contributed by atoms with Crippen molar-refractivity contribution in [3.63, 3.8) is 0 Å². The van der Waals surface area contributed by atoms with Crippen LogP contribution in [0.3, 0.4) is 0 Å². The van der Waals surface area contributed by atoms with E-state index < -0.39 is 0 Å². The molecule has 0 saturated carbocycles. The van der Waals surface area contributed by atoms with Crippen LogP contribution in [0.5, 0.6) is 0 Å². The Morgan fingerprint density at radius 2 is 2.35 bits per heavy atom. The van der Waals surface area contributed by atoms with Gasteiger partial charge in [0.05, 0.1) is 13.2 Å². The first-order valence-electron chi connectivity index (χ1n) is 6.77. The van der Waals surface area contributed by atoms with Crippen LogP contribution in [0.25, 0.3) is 0 Å². The number of likely N-dealkylation sites (tertiary alicyclic amines) is 1. The van der Waals surface area contributed by atoms with Crippen molar-refractivity contribution in [3.8, 4) is 0 Å². The van der Waals surface area contributed by atoms with E-state index in [-0.39, 0.29) is 5.97 Å². The SMILES string of the molecule is CCCCOC(=O)CNCC1CCCN(C)C1. The fraction of sp³-hybridized carbons (Fsp3) is 0.923. The molecule has 0 spiro atoms. The van der Waals surface area contributed by atoms with Crippen LogP contribution in [0.15, 0.2) is 0 Å². The van der Waals surface area contributed by atoms with E-state index in [1.54, 1.807) is 0 Å². The van der Waals surface area contributed by atoms with Crippen LogP contribution in [0.1, 0.15) is 32.6 Å². The maximum Gasteiger partial charge on any atom is 0.319 e. The minimum atomic E-state index is -0.123. The van der Waals surface area contributed by atoms with Crippen LogP contribution < -0.4 is 5.32 Å². The molecule has 4 nitrogen and oxygen atoms in total. The lowest BCUT2D eigenvalue weighted by Crippen LogP contribution is -2.38. The number of ether oxygens (including phenoxy) is 1. The Hall–Kier alpha value is -0.610. The third-order valence-electron chi connectivity index (χ3n) is 3.19. The van der Waals surface area contributed by atoms with E-state index in [2.05, 4.69) is 24.2 Å². The minimum Gasteiger partial charge on any atom is -0.465 e. The van der Waals surface area contributed by atoms with Crippen molar-refractivity contribution in [1.29, 1.82) is 0 Å². The standard InChI is InChI=1S/C13H26N2O2/c1-3-4-8-17-13(16)10-14-9-12-6-5-7-15(2)11-12/h12,14H,3-11H2,1-2H3. The van der Waals surface area contributed by atoms with Gasteiger partial charge in [-0.15, -0.1) is 0 Å². The van der Waals surface area contributed by atoms with E-state index in [1.807, 2.05) is 0 Å². The zero-order chi connectivity index (χ0) is 12.5. The minimum absolute atomic E-state index is 0.123. The summed E-state index contributed by atoms with van der Waals surface area (Å²) in [6.45, 7) is 6.26. The van der Waals surface area contributed by atoms with Crippen molar-refractivity contribution >= 4 is 5.97 Å². The van der Waals surface area contributed by atoms with E-state index in [9.17, 15) is 4.79 Å². The lowest BCUT2D eigenvalue weighted by Gasteiger charge is -2.29. The molecule has 1 rings (SSSR count). The largest absolute Gasteiger partial charge is 0.465 e. The van der Waals surface area contributed by atoms with Crippen molar-refractivity contribution in [2.45, 2.75) is 32.6 Å². The molecule has 0 aromatic heterocycles. The van der Waals surface area contributed by atoms with E-state index in [0.29, 0.717) is 19.1 Å². The molecule has 17 heavy (non-hydrogen) atoms. The maximum absolute atomic E-state index is 11.3. The highest BCUT2D eigenvalue weighted by atomic mass is 16.5. The number of carbonyl (C=O) groups excluding carboxylic acids is 1. The second-order valence-electron chi connectivity index (χ2n) is 4.98. The highest BCUT2D eigenvalue weighted by Crippen LogP contribution is 2.13. The first kappa shape index (κ1) is 14.5. The van der Waals surface area contributed by atoms with Crippen LogP contribution in [0, 0.1) is 5.92 Å². The number of piperidine rings is 1. The van der Waals surface area contributed by atoms with Gasteiger partial charge in [0.25, 0.3) is 0 Å². The number of nitrogens with one attached hydrogen (secondary N) is 1. The molecular weight excluding hydrogens is 216 g/mol. The molecule has 0 bridgehead atoms. The Kier molecular flexibility index (Phi) is 7.21. The number of hydrogen-bond acceptors (Lipinski definition) is 4. The summed E-state index contributed by atoms with van der Waals surface area (Å²) >= 11 is 0. The number of carbonyl (C=O) groups is 1. The smallest absolute Gasteiger partial charge is 0.319 e. The van der Waals surface area contributed by atoms with Gasteiger partial charge >= 0.3 is 5.97 Å². The summed E-state index contributed by atoms with van der Waals surface area (Å²) in [5.74, 6) is 0.555. The first-order chi connectivity index (χ1) is 8.22. The number of esters is 1. The normalized spacial score (nSPS) is 21.4. The molecule has 1 saturated heterocycles. The highest BCUT2D eigenvalue weighted by Gasteiger charge is 2.16. The summed E-state index contributed by atoms with van der Waals surface area (Å²) in [5, 5.41) is 3.20. The molecule has 0 radical (unpaired) electrons. The van der Waals surface area contributed by atoms with Crippen molar-refractivity contribution in [2.75, 3.05) is 39.8 Å². The van der Waals surface area contributed by atoms with Gasteiger partial charge in [-0.25, -0.2) is 0 Å².